The van der Waals surface area contributed by atoms with Crippen molar-refractivity contribution in [2.75, 3.05) is 18.1 Å². The average molecular weight is 270 g/mol. The number of nitriles is 1. The van der Waals surface area contributed by atoms with E-state index in [2.05, 4.69) is 11.4 Å². The van der Waals surface area contributed by atoms with Crippen molar-refractivity contribution in [1.29, 1.82) is 5.26 Å². The summed E-state index contributed by atoms with van der Waals surface area (Å²) in [5.41, 5.74) is -0.864. The van der Waals surface area contributed by atoms with Gasteiger partial charge >= 0.3 is 0 Å². The molecule has 1 saturated heterocycles. The molecule has 2 rings (SSSR count). The molecular formula is C12H18N2O3S. The lowest BCUT2D eigenvalue weighted by molar-refractivity contribution is -0.134. The molecule has 2 fully saturated rings. The number of nitrogens with one attached hydrogen (secondary N) is 1. The zero-order valence-corrected chi connectivity index (χ0v) is 11.3. The molecule has 1 N–H and O–H groups in total. The summed E-state index contributed by atoms with van der Waals surface area (Å²) < 4.78 is 22.6. The monoisotopic (exact) mass is 270 g/mol. The quantitative estimate of drug-likeness (QED) is 0.808. The second-order valence-corrected chi connectivity index (χ2v) is 7.92. The summed E-state index contributed by atoms with van der Waals surface area (Å²) in [5, 5.41) is 11.8. The zero-order chi connectivity index (χ0) is 13.4. The Morgan fingerprint density at radius 2 is 2.17 bits per heavy atom. The van der Waals surface area contributed by atoms with Crippen molar-refractivity contribution in [3.8, 4) is 6.07 Å². The SMILES string of the molecule is CC1CC(C#N)(C(=O)NCC2CCS(=O)(=O)C2)C1. The Morgan fingerprint density at radius 1 is 1.50 bits per heavy atom. The van der Waals surface area contributed by atoms with Gasteiger partial charge in [0, 0.05) is 6.54 Å². The van der Waals surface area contributed by atoms with Gasteiger partial charge in [0.25, 0.3) is 0 Å². The molecule has 0 aromatic heterocycles. The summed E-state index contributed by atoms with van der Waals surface area (Å²) >= 11 is 0. The summed E-state index contributed by atoms with van der Waals surface area (Å²) in [6.45, 7) is 2.39. The molecule has 1 unspecified atom stereocenters. The van der Waals surface area contributed by atoms with Crippen LogP contribution in [-0.4, -0.2) is 32.4 Å². The van der Waals surface area contributed by atoms with Gasteiger partial charge in [-0.15, -0.1) is 0 Å². The van der Waals surface area contributed by atoms with Crippen molar-refractivity contribution >= 4 is 15.7 Å². The third kappa shape index (κ3) is 2.51. The predicted molar refractivity (Wildman–Crippen MR) is 66.2 cm³/mol. The van der Waals surface area contributed by atoms with Crippen LogP contribution in [0, 0.1) is 28.6 Å². The molecule has 6 heteroatoms. The molecule has 0 bridgehead atoms. The van der Waals surface area contributed by atoms with Crippen LogP contribution in [0.1, 0.15) is 26.2 Å². The van der Waals surface area contributed by atoms with E-state index >= 15 is 0 Å². The maximum absolute atomic E-state index is 12.0. The van der Waals surface area contributed by atoms with Gasteiger partial charge in [0.15, 0.2) is 9.84 Å². The first kappa shape index (κ1) is 13.3. The van der Waals surface area contributed by atoms with Crippen molar-refractivity contribution in [1.82, 2.24) is 5.32 Å². The molecular weight excluding hydrogens is 252 g/mol. The standard InChI is InChI=1S/C12H18N2O3S/c1-9-4-12(5-9,8-13)11(15)14-6-10-2-3-18(16,17)7-10/h9-10H,2-7H2,1H3,(H,14,15). The molecule has 1 atom stereocenters. The molecule has 18 heavy (non-hydrogen) atoms. The predicted octanol–water partition coefficient (Wildman–Crippen LogP) is 0.477. The largest absolute Gasteiger partial charge is 0.354 e. The van der Waals surface area contributed by atoms with E-state index < -0.39 is 15.3 Å². The van der Waals surface area contributed by atoms with E-state index in [0.29, 0.717) is 31.7 Å². The van der Waals surface area contributed by atoms with E-state index in [1.807, 2.05) is 6.92 Å². The molecule has 100 valence electrons. The fourth-order valence-electron chi connectivity index (χ4n) is 2.90. The summed E-state index contributed by atoms with van der Waals surface area (Å²) in [6.07, 6.45) is 1.83. The van der Waals surface area contributed by atoms with Crippen LogP contribution in [-0.2, 0) is 14.6 Å². The minimum Gasteiger partial charge on any atom is -0.354 e. The molecule has 1 aliphatic heterocycles. The third-order valence-corrected chi connectivity index (χ3v) is 5.76. The highest BCUT2D eigenvalue weighted by Crippen LogP contribution is 2.45. The number of rotatable bonds is 3. The second kappa shape index (κ2) is 4.54. The third-order valence-electron chi connectivity index (χ3n) is 3.92. The van der Waals surface area contributed by atoms with E-state index in [1.54, 1.807) is 0 Å². The first-order chi connectivity index (χ1) is 8.37. The minimum absolute atomic E-state index is 0.00666. The minimum atomic E-state index is -2.90. The van der Waals surface area contributed by atoms with Gasteiger partial charge < -0.3 is 5.32 Å². The topological polar surface area (TPSA) is 87.0 Å². The molecule has 0 aromatic carbocycles. The number of carbonyl (C=O) groups is 1. The van der Waals surface area contributed by atoms with E-state index in [9.17, 15) is 13.2 Å². The molecule has 1 saturated carbocycles. The Morgan fingerprint density at radius 3 is 2.61 bits per heavy atom. The summed E-state index contributed by atoms with van der Waals surface area (Å²) in [7, 11) is -2.90. The number of hydrogen-bond donors (Lipinski definition) is 1. The van der Waals surface area contributed by atoms with Crippen LogP contribution >= 0.6 is 0 Å². The van der Waals surface area contributed by atoms with Crippen LogP contribution in [0.4, 0.5) is 0 Å². The summed E-state index contributed by atoms with van der Waals surface area (Å²) in [6, 6.07) is 2.11. The van der Waals surface area contributed by atoms with Crippen molar-refractivity contribution in [3.05, 3.63) is 0 Å². The zero-order valence-electron chi connectivity index (χ0n) is 10.5. The number of sulfone groups is 1. The van der Waals surface area contributed by atoms with E-state index in [0.717, 1.165) is 0 Å². The maximum atomic E-state index is 12.0. The average Bonchev–Trinajstić information content (AvgIpc) is 2.61. The van der Waals surface area contributed by atoms with Gasteiger partial charge in [-0.2, -0.15) is 5.26 Å². The molecule has 1 heterocycles. The van der Waals surface area contributed by atoms with E-state index in [-0.39, 0.29) is 23.3 Å². The molecule has 1 aliphatic carbocycles. The molecule has 0 spiro atoms. The van der Waals surface area contributed by atoms with Crippen LogP contribution < -0.4 is 5.32 Å². The molecule has 2 aliphatic rings. The fraction of sp³-hybridized carbons (Fsp3) is 0.833. The Labute approximate surface area is 107 Å². The molecule has 1 amide bonds. The molecule has 0 radical (unpaired) electrons. The number of nitrogens with zero attached hydrogens (tertiary/aromatic N) is 1. The smallest absolute Gasteiger partial charge is 0.240 e. The van der Waals surface area contributed by atoms with Gasteiger partial charge in [0.1, 0.15) is 5.41 Å². The lowest BCUT2D eigenvalue weighted by Gasteiger charge is -2.39. The van der Waals surface area contributed by atoms with Gasteiger partial charge in [-0.25, -0.2) is 8.42 Å². The van der Waals surface area contributed by atoms with Crippen molar-refractivity contribution in [2.45, 2.75) is 26.2 Å². The maximum Gasteiger partial charge on any atom is 0.240 e. The van der Waals surface area contributed by atoms with Gasteiger partial charge in [0.05, 0.1) is 17.6 Å². The Kier molecular flexibility index (Phi) is 3.37. The number of hydrogen-bond acceptors (Lipinski definition) is 4. The highest BCUT2D eigenvalue weighted by molar-refractivity contribution is 7.91. The van der Waals surface area contributed by atoms with Gasteiger partial charge in [0.2, 0.25) is 5.91 Å². The van der Waals surface area contributed by atoms with Gasteiger partial charge in [-0.1, -0.05) is 6.92 Å². The highest BCUT2D eigenvalue weighted by atomic mass is 32.2. The van der Waals surface area contributed by atoms with Crippen LogP contribution in [0.25, 0.3) is 0 Å². The Bertz CT molecular complexity index is 486. The van der Waals surface area contributed by atoms with Crippen molar-refractivity contribution < 1.29 is 13.2 Å². The normalized spacial score (nSPS) is 37.6. The number of carbonyl (C=O) groups excluding carboxylic acids is 1. The van der Waals surface area contributed by atoms with E-state index in [4.69, 9.17) is 5.26 Å². The van der Waals surface area contributed by atoms with E-state index in [1.165, 1.54) is 0 Å². The summed E-state index contributed by atoms with van der Waals surface area (Å²) in [4.78, 5) is 12.0. The first-order valence-corrected chi connectivity index (χ1v) is 8.09. The van der Waals surface area contributed by atoms with Gasteiger partial charge in [-0.3, -0.25) is 4.79 Å². The van der Waals surface area contributed by atoms with Crippen molar-refractivity contribution in [2.24, 2.45) is 17.3 Å². The lowest BCUT2D eigenvalue weighted by Crippen LogP contribution is -2.49. The Hall–Kier alpha value is -1.09. The van der Waals surface area contributed by atoms with Crippen LogP contribution in [0.15, 0.2) is 0 Å². The first-order valence-electron chi connectivity index (χ1n) is 6.27. The lowest BCUT2D eigenvalue weighted by atomic mass is 9.63. The van der Waals surface area contributed by atoms with Gasteiger partial charge in [-0.05, 0) is 31.1 Å². The summed E-state index contributed by atoms with van der Waals surface area (Å²) in [5.74, 6) is 0.568. The van der Waals surface area contributed by atoms with Crippen LogP contribution in [0.5, 0.6) is 0 Å². The molecule has 0 aromatic rings. The second-order valence-electron chi connectivity index (χ2n) is 5.69. The van der Waals surface area contributed by atoms with Crippen molar-refractivity contribution in [3.63, 3.8) is 0 Å². The number of amides is 1. The highest BCUT2D eigenvalue weighted by Gasteiger charge is 2.49. The molecule has 5 nitrogen and oxygen atoms in total. The van der Waals surface area contributed by atoms with Crippen LogP contribution in [0.3, 0.4) is 0 Å². The van der Waals surface area contributed by atoms with Crippen LogP contribution in [0.2, 0.25) is 0 Å². The fourth-order valence-corrected chi connectivity index (χ4v) is 4.76. The Balaban J connectivity index is 1.85.